The van der Waals surface area contributed by atoms with Gasteiger partial charge in [0, 0.05) is 35.3 Å². The Balaban J connectivity index is 1.46. The molecule has 0 radical (unpaired) electrons. The lowest BCUT2D eigenvalue weighted by molar-refractivity contribution is -0.151. The highest BCUT2D eigenvalue weighted by Gasteiger charge is 2.48. The number of pyridine rings is 1. The first-order valence-electron chi connectivity index (χ1n) is 10.5. The molecule has 3 heterocycles. The molecule has 2 bridgehead atoms. The highest BCUT2D eigenvalue weighted by atomic mass is 19.1. The predicted molar refractivity (Wildman–Crippen MR) is 108 cm³/mol. The fourth-order valence-electron chi connectivity index (χ4n) is 5.86. The maximum absolute atomic E-state index is 13.8. The topological polar surface area (TPSA) is 80.9 Å². The second-order valence-corrected chi connectivity index (χ2v) is 8.69. The van der Waals surface area contributed by atoms with Gasteiger partial charge in [0.1, 0.15) is 11.5 Å². The van der Waals surface area contributed by atoms with E-state index in [2.05, 4.69) is 14.5 Å². The summed E-state index contributed by atoms with van der Waals surface area (Å²) in [5.41, 5.74) is 3.09. The summed E-state index contributed by atoms with van der Waals surface area (Å²) in [6, 6.07) is 3.35. The summed E-state index contributed by atoms with van der Waals surface area (Å²) in [4.78, 5) is 25.7. The lowest BCUT2D eigenvalue weighted by atomic mass is 9.61. The molecule has 0 saturated heterocycles. The third-order valence-corrected chi connectivity index (χ3v) is 7.20. The molecule has 1 unspecified atom stereocenters. The van der Waals surface area contributed by atoms with Crippen LogP contribution in [0.3, 0.4) is 0 Å². The van der Waals surface area contributed by atoms with E-state index in [9.17, 15) is 14.3 Å². The van der Waals surface area contributed by atoms with Crippen molar-refractivity contribution in [3.05, 3.63) is 59.7 Å². The maximum Gasteiger partial charge on any atom is 0.308 e. The number of carbonyl (C=O) groups is 1. The molecule has 4 aliphatic carbocycles. The number of aromatic nitrogens is 4. The summed E-state index contributed by atoms with van der Waals surface area (Å²) >= 11 is 0. The van der Waals surface area contributed by atoms with Gasteiger partial charge < -0.3 is 9.67 Å². The molecule has 3 aromatic heterocycles. The Hall–Kier alpha value is -3.09. The Morgan fingerprint density at radius 3 is 2.73 bits per heavy atom. The van der Waals surface area contributed by atoms with Gasteiger partial charge in [-0.25, -0.2) is 14.4 Å². The van der Waals surface area contributed by atoms with E-state index >= 15 is 0 Å². The lowest BCUT2D eigenvalue weighted by Gasteiger charge is -2.47. The van der Waals surface area contributed by atoms with Crippen molar-refractivity contribution < 1.29 is 14.3 Å². The van der Waals surface area contributed by atoms with Crippen molar-refractivity contribution in [2.75, 3.05) is 0 Å². The molecule has 4 aliphatic rings. The molecule has 7 heteroatoms. The van der Waals surface area contributed by atoms with Crippen molar-refractivity contribution in [2.24, 2.45) is 17.8 Å². The molecule has 0 spiro atoms. The number of halogens is 1. The molecule has 0 amide bonds. The van der Waals surface area contributed by atoms with Crippen molar-refractivity contribution in [3.63, 3.8) is 0 Å². The van der Waals surface area contributed by atoms with E-state index in [4.69, 9.17) is 4.98 Å². The summed E-state index contributed by atoms with van der Waals surface area (Å²) in [6.07, 6.45) is 11.7. The standard InChI is InChI=1S/C23H21FN4O2/c24-15-9-17-16(5-6-18(17)25-11-15)21-26-10-14-7-8-28(22(14)27-21)20-13-3-1-12(2-4-13)19(20)23(29)30/h5,7-13,19-20H,1-4,6H2,(H,29,30)/t12?,13?,19-,20?/m0/s1. The van der Waals surface area contributed by atoms with E-state index in [0.717, 1.165) is 53.5 Å². The number of carboxylic acid groups (broad SMARTS) is 1. The van der Waals surface area contributed by atoms with Gasteiger partial charge in [-0.3, -0.25) is 9.78 Å². The zero-order chi connectivity index (χ0) is 20.4. The van der Waals surface area contributed by atoms with Crippen molar-refractivity contribution in [3.8, 4) is 0 Å². The minimum Gasteiger partial charge on any atom is -0.481 e. The molecule has 7 rings (SSSR count). The largest absolute Gasteiger partial charge is 0.481 e. The molecule has 1 N–H and O–H groups in total. The first-order valence-corrected chi connectivity index (χ1v) is 10.5. The van der Waals surface area contributed by atoms with Crippen molar-refractivity contribution >= 4 is 22.6 Å². The Labute approximate surface area is 172 Å². The second kappa shape index (κ2) is 6.45. The fourth-order valence-corrected chi connectivity index (χ4v) is 5.86. The maximum atomic E-state index is 13.8. The lowest BCUT2D eigenvalue weighted by Crippen LogP contribution is -2.44. The van der Waals surface area contributed by atoms with Gasteiger partial charge in [0.15, 0.2) is 5.82 Å². The SMILES string of the molecule is O=C(O)[C@H]1C2CCC(CC2)C1n1ccc2cnc(C3=CCc4ncc(F)cc43)nc21. The van der Waals surface area contributed by atoms with Crippen LogP contribution in [0, 0.1) is 23.6 Å². The molecule has 3 saturated carbocycles. The summed E-state index contributed by atoms with van der Waals surface area (Å²) in [7, 11) is 0. The third-order valence-electron chi connectivity index (χ3n) is 7.20. The molecule has 0 aromatic carbocycles. The number of aliphatic carboxylic acids is 1. The number of fused-ring (bicyclic) bond motifs is 5. The normalized spacial score (nSPS) is 27.3. The Morgan fingerprint density at radius 2 is 1.93 bits per heavy atom. The van der Waals surface area contributed by atoms with Gasteiger partial charge in [0.2, 0.25) is 0 Å². The number of hydrogen-bond acceptors (Lipinski definition) is 4. The molecule has 30 heavy (non-hydrogen) atoms. The van der Waals surface area contributed by atoms with Crippen LogP contribution in [0.5, 0.6) is 0 Å². The van der Waals surface area contributed by atoms with Crippen LogP contribution < -0.4 is 0 Å². The molecular weight excluding hydrogens is 383 g/mol. The summed E-state index contributed by atoms with van der Waals surface area (Å²) in [6.45, 7) is 0. The zero-order valence-electron chi connectivity index (χ0n) is 16.3. The van der Waals surface area contributed by atoms with Crippen LogP contribution in [-0.4, -0.2) is 30.6 Å². The molecule has 3 aromatic rings. The van der Waals surface area contributed by atoms with Crippen LogP contribution in [-0.2, 0) is 11.2 Å². The Morgan fingerprint density at radius 1 is 1.13 bits per heavy atom. The van der Waals surface area contributed by atoms with Gasteiger partial charge in [-0.15, -0.1) is 0 Å². The number of nitrogens with zero attached hydrogens (tertiary/aromatic N) is 4. The van der Waals surface area contributed by atoms with E-state index in [1.54, 1.807) is 6.20 Å². The number of rotatable bonds is 3. The van der Waals surface area contributed by atoms with E-state index in [-0.39, 0.29) is 23.7 Å². The third kappa shape index (κ3) is 2.54. The average molecular weight is 404 g/mol. The van der Waals surface area contributed by atoms with Crippen LogP contribution in [0.15, 0.2) is 36.8 Å². The minimum atomic E-state index is -0.709. The zero-order valence-corrected chi connectivity index (χ0v) is 16.3. The van der Waals surface area contributed by atoms with E-state index in [1.165, 1.54) is 12.3 Å². The van der Waals surface area contributed by atoms with Gasteiger partial charge in [-0.05, 0) is 49.7 Å². The highest BCUT2D eigenvalue weighted by Crippen LogP contribution is 2.52. The van der Waals surface area contributed by atoms with Gasteiger partial charge in [0.25, 0.3) is 0 Å². The smallest absolute Gasteiger partial charge is 0.308 e. The number of allylic oxidation sites excluding steroid dienone is 1. The van der Waals surface area contributed by atoms with Crippen molar-refractivity contribution in [1.29, 1.82) is 0 Å². The van der Waals surface area contributed by atoms with E-state index in [0.29, 0.717) is 18.2 Å². The average Bonchev–Trinajstić information content (AvgIpc) is 3.37. The van der Waals surface area contributed by atoms with Crippen molar-refractivity contribution in [1.82, 2.24) is 19.5 Å². The first-order chi connectivity index (χ1) is 14.6. The molecule has 2 atom stereocenters. The second-order valence-electron chi connectivity index (χ2n) is 8.69. The van der Waals surface area contributed by atoms with Crippen LogP contribution in [0.25, 0.3) is 16.6 Å². The van der Waals surface area contributed by atoms with E-state index < -0.39 is 5.97 Å². The Kier molecular flexibility index (Phi) is 3.82. The predicted octanol–water partition coefficient (Wildman–Crippen LogP) is 4.02. The van der Waals surface area contributed by atoms with Gasteiger partial charge in [-0.1, -0.05) is 6.08 Å². The van der Waals surface area contributed by atoms with Gasteiger partial charge in [0.05, 0.1) is 23.9 Å². The van der Waals surface area contributed by atoms with Gasteiger partial charge in [-0.2, -0.15) is 0 Å². The molecule has 152 valence electrons. The highest BCUT2D eigenvalue weighted by molar-refractivity contribution is 5.84. The first kappa shape index (κ1) is 17.7. The van der Waals surface area contributed by atoms with Crippen LogP contribution >= 0.6 is 0 Å². The minimum absolute atomic E-state index is 0.0841. The molecule has 6 nitrogen and oxygen atoms in total. The molecule has 0 aliphatic heterocycles. The summed E-state index contributed by atoms with van der Waals surface area (Å²) in [5, 5.41) is 10.9. The molecule has 3 fully saturated rings. The molecular formula is C23H21FN4O2. The number of carboxylic acids is 1. The van der Waals surface area contributed by atoms with Gasteiger partial charge >= 0.3 is 5.97 Å². The quantitative estimate of drug-likeness (QED) is 0.713. The number of hydrogen-bond donors (Lipinski definition) is 1. The monoisotopic (exact) mass is 404 g/mol. The fraction of sp³-hybridized carbons (Fsp3) is 0.391. The van der Waals surface area contributed by atoms with Crippen LogP contribution in [0.2, 0.25) is 0 Å². The summed E-state index contributed by atoms with van der Waals surface area (Å²) in [5.74, 6) is -0.352. The van der Waals surface area contributed by atoms with Crippen molar-refractivity contribution in [2.45, 2.75) is 38.1 Å². The van der Waals surface area contributed by atoms with E-state index in [1.807, 2.05) is 18.3 Å². The van der Waals surface area contributed by atoms with Crippen LogP contribution in [0.1, 0.15) is 48.8 Å². The summed E-state index contributed by atoms with van der Waals surface area (Å²) < 4.78 is 15.8. The Bertz CT molecular complexity index is 1210. The van der Waals surface area contributed by atoms with Crippen LogP contribution in [0.4, 0.5) is 4.39 Å².